The van der Waals surface area contributed by atoms with Gasteiger partial charge >= 0.3 is 0 Å². The van der Waals surface area contributed by atoms with Crippen LogP contribution in [0.5, 0.6) is 5.88 Å². The van der Waals surface area contributed by atoms with Crippen LogP contribution >= 0.6 is 15.9 Å². The van der Waals surface area contributed by atoms with E-state index in [1.807, 2.05) is 13.8 Å². The van der Waals surface area contributed by atoms with Crippen LogP contribution < -0.4 is 4.74 Å². The van der Waals surface area contributed by atoms with Gasteiger partial charge in [0.05, 0.1) is 12.0 Å². The number of hydrogen-bond acceptors (Lipinski definition) is 4. The third-order valence-electron chi connectivity index (χ3n) is 2.65. The standard InChI is InChI=1S/C11H15BrN2O3/c1-4-8(12)7(2)11-9(14(15)16)5-6-10(13-11)17-3/h5-8H,4H2,1-3H3. The summed E-state index contributed by atoms with van der Waals surface area (Å²) in [4.78, 5) is 14.9. The highest BCUT2D eigenvalue weighted by Crippen LogP contribution is 2.32. The van der Waals surface area contributed by atoms with Crippen molar-refractivity contribution in [3.8, 4) is 5.88 Å². The molecular weight excluding hydrogens is 288 g/mol. The number of hydrogen-bond donors (Lipinski definition) is 0. The largest absolute Gasteiger partial charge is 0.481 e. The maximum Gasteiger partial charge on any atom is 0.291 e. The third-order valence-corrected chi connectivity index (χ3v) is 4.09. The van der Waals surface area contributed by atoms with Crippen molar-refractivity contribution in [3.63, 3.8) is 0 Å². The monoisotopic (exact) mass is 302 g/mol. The van der Waals surface area contributed by atoms with Crippen molar-refractivity contribution in [2.45, 2.75) is 31.0 Å². The summed E-state index contributed by atoms with van der Waals surface area (Å²) in [6.45, 7) is 3.93. The van der Waals surface area contributed by atoms with E-state index < -0.39 is 4.92 Å². The quantitative estimate of drug-likeness (QED) is 0.475. The van der Waals surface area contributed by atoms with Gasteiger partial charge in [0, 0.05) is 22.9 Å². The Balaban J connectivity index is 3.21. The molecule has 1 heterocycles. The number of pyridine rings is 1. The molecule has 0 saturated carbocycles. The predicted octanol–water partition coefficient (Wildman–Crippen LogP) is 3.28. The van der Waals surface area contributed by atoms with Crippen molar-refractivity contribution < 1.29 is 9.66 Å². The first-order valence-corrected chi connectivity index (χ1v) is 6.26. The van der Waals surface area contributed by atoms with Gasteiger partial charge in [-0.3, -0.25) is 10.1 Å². The molecule has 17 heavy (non-hydrogen) atoms. The Morgan fingerprint density at radius 1 is 1.59 bits per heavy atom. The van der Waals surface area contributed by atoms with Gasteiger partial charge < -0.3 is 4.74 Å². The molecule has 6 heteroatoms. The third kappa shape index (κ3) is 3.15. The molecular formula is C11H15BrN2O3. The summed E-state index contributed by atoms with van der Waals surface area (Å²) in [5.74, 6) is 0.351. The van der Waals surface area contributed by atoms with Gasteiger partial charge in [-0.2, -0.15) is 0 Å². The molecule has 1 aromatic heterocycles. The van der Waals surface area contributed by atoms with Gasteiger partial charge in [-0.05, 0) is 6.42 Å². The Kier molecular flexibility index (Phi) is 4.86. The zero-order valence-electron chi connectivity index (χ0n) is 10.0. The van der Waals surface area contributed by atoms with Crippen LogP contribution in [0.15, 0.2) is 12.1 Å². The molecule has 1 rings (SSSR count). The first-order chi connectivity index (χ1) is 8.01. The van der Waals surface area contributed by atoms with Crippen molar-refractivity contribution in [2.24, 2.45) is 0 Å². The zero-order valence-corrected chi connectivity index (χ0v) is 11.6. The Morgan fingerprint density at radius 3 is 2.71 bits per heavy atom. The molecule has 1 aromatic rings. The van der Waals surface area contributed by atoms with E-state index in [1.54, 1.807) is 0 Å². The van der Waals surface area contributed by atoms with E-state index in [2.05, 4.69) is 20.9 Å². The van der Waals surface area contributed by atoms with Crippen molar-refractivity contribution in [2.75, 3.05) is 7.11 Å². The normalized spacial score (nSPS) is 14.1. The summed E-state index contributed by atoms with van der Waals surface area (Å²) >= 11 is 3.51. The molecule has 0 saturated heterocycles. The predicted molar refractivity (Wildman–Crippen MR) is 68.9 cm³/mol. The second kappa shape index (κ2) is 5.95. The van der Waals surface area contributed by atoms with Crippen LogP contribution in [-0.4, -0.2) is 21.8 Å². The lowest BCUT2D eigenvalue weighted by Crippen LogP contribution is -2.12. The van der Waals surface area contributed by atoms with Gasteiger partial charge in [-0.15, -0.1) is 0 Å². The van der Waals surface area contributed by atoms with Crippen LogP contribution in [0.1, 0.15) is 31.9 Å². The minimum absolute atomic E-state index is 0.0381. The first kappa shape index (κ1) is 13.9. The minimum atomic E-state index is -0.409. The molecule has 0 radical (unpaired) electrons. The fourth-order valence-electron chi connectivity index (χ4n) is 1.58. The number of ether oxygens (including phenoxy) is 1. The van der Waals surface area contributed by atoms with Crippen LogP contribution in [0, 0.1) is 10.1 Å². The molecule has 2 atom stereocenters. The van der Waals surface area contributed by atoms with E-state index in [0.717, 1.165) is 6.42 Å². The number of halogens is 1. The lowest BCUT2D eigenvalue weighted by Gasteiger charge is -2.16. The fourth-order valence-corrected chi connectivity index (χ4v) is 1.83. The fraction of sp³-hybridized carbons (Fsp3) is 0.545. The molecule has 0 aromatic carbocycles. The van der Waals surface area contributed by atoms with E-state index >= 15 is 0 Å². The van der Waals surface area contributed by atoms with Crippen molar-refractivity contribution in [3.05, 3.63) is 27.9 Å². The number of rotatable bonds is 5. The number of nitrogens with zero attached hydrogens (tertiary/aromatic N) is 2. The van der Waals surface area contributed by atoms with Crippen LogP contribution in [0.4, 0.5) is 5.69 Å². The second-order valence-corrected chi connectivity index (χ2v) is 4.90. The summed E-state index contributed by atoms with van der Waals surface area (Å²) in [5, 5.41) is 10.9. The van der Waals surface area contributed by atoms with E-state index in [9.17, 15) is 10.1 Å². The van der Waals surface area contributed by atoms with Crippen molar-refractivity contribution in [1.82, 2.24) is 4.98 Å². The van der Waals surface area contributed by atoms with Gasteiger partial charge in [-0.25, -0.2) is 4.98 Å². The van der Waals surface area contributed by atoms with E-state index in [0.29, 0.717) is 11.6 Å². The summed E-state index contributed by atoms with van der Waals surface area (Å²) in [5.41, 5.74) is 0.495. The first-order valence-electron chi connectivity index (χ1n) is 5.34. The smallest absolute Gasteiger partial charge is 0.291 e. The number of nitro groups is 1. The molecule has 0 aliphatic rings. The van der Waals surface area contributed by atoms with Crippen molar-refractivity contribution in [1.29, 1.82) is 0 Å². The zero-order chi connectivity index (χ0) is 13.0. The van der Waals surface area contributed by atoms with Gasteiger partial charge in [0.25, 0.3) is 5.69 Å². The average Bonchev–Trinajstić information content (AvgIpc) is 2.35. The number of methoxy groups -OCH3 is 1. The maximum atomic E-state index is 10.9. The highest BCUT2D eigenvalue weighted by Gasteiger charge is 2.25. The van der Waals surface area contributed by atoms with E-state index in [-0.39, 0.29) is 16.4 Å². The maximum absolute atomic E-state index is 10.9. The van der Waals surface area contributed by atoms with Gasteiger partial charge in [0.1, 0.15) is 5.69 Å². The number of alkyl halides is 1. The molecule has 0 aliphatic heterocycles. The Hall–Kier alpha value is -1.17. The number of aromatic nitrogens is 1. The van der Waals surface area contributed by atoms with E-state index in [1.165, 1.54) is 19.2 Å². The average molecular weight is 303 g/mol. The van der Waals surface area contributed by atoms with Crippen LogP contribution in [-0.2, 0) is 0 Å². The van der Waals surface area contributed by atoms with Gasteiger partial charge in [-0.1, -0.05) is 29.8 Å². The Labute approximate surface area is 108 Å². The van der Waals surface area contributed by atoms with Crippen LogP contribution in [0.3, 0.4) is 0 Å². The highest BCUT2D eigenvalue weighted by atomic mass is 79.9. The Bertz CT molecular complexity index is 412. The second-order valence-electron chi connectivity index (χ2n) is 3.73. The summed E-state index contributed by atoms with van der Waals surface area (Å²) in [7, 11) is 1.49. The highest BCUT2D eigenvalue weighted by molar-refractivity contribution is 9.09. The van der Waals surface area contributed by atoms with E-state index in [4.69, 9.17) is 4.74 Å². The molecule has 0 spiro atoms. The molecule has 0 bridgehead atoms. The summed E-state index contributed by atoms with van der Waals surface area (Å²) in [6, 6.07) is 2.94. The lowest BCUT2D eigenvalue weighted by atomic mass is 10.00. The Morgan fingerprint density at radius 2 is 2.24 bits per heavy atom. The summed E-state index contributed by atoms with van der Waals surface area (Å²) in [6.07, 6.45) is 0.872. The SMILES string of the molecule is CCC(Br)C(C)c1nc(OC)ccc1[N+](=O)[O-]. The lowest BCUT2D eigenvalue weighted by molar-refractivity contribution is -0.386. The van der Waals surface area contributed by atoms with Crippen molar-refractivity contribution >= 4 is 21.6 Å². The summed E-state index contributed by atoms with van der Waals surface area (Å²) < 4.78 is 5.00. The van der Waals surface area contributed by atoms with Gasteiger partial charge in [0.2, 0.25) is 5.88 Å². The van der Waals surface area contributed by atoms with Crippen LogP contribution in [0.2, 0.25) is 0 Å². The molecule has 0 N–H and O–H groups in total. The molecule has 0 fully saturated rings. The van der Waals surface area contributed by atoms with Gasteiger partial charge in [0.15, 0.2) is 0 Å². The molecule has 2 unspecified atom stereocenters. The molecule has 0 amide bonds. The topological polar surface area (TPSA) is 65.3 Å². The molecule has 0 aliphatic carbocycles. The molecule has 5 nitrogen and oxygen atoms in total. The van der Waals surface area contributed by atoms with Crippen LogP contribution in [0.25, 0.3) is 0 Å². The molecule has 94 valence electrons. The minimum Gasteiger partial charge on any atom is -0.481 e.